The van der Waals surface area contributed by atoms with Gasteiger partial charge in [-0.3, -0.25) is 9.69 Å². The number of carbonyl (C=O) groups excluding carboxylic acids is 1. The van der Waals surface area contributed by atoms with E-state index in [-0.39, 0.29) is 5.91 Å². The second kappa shape index (κ2) is 7.74. The number of amides is 1. The van der Waals surface area contributed by atoms with Crippen LogP contribution in [0.15, 0.2) is 18.2 Å². The standard InChI is InChI=1S/C14H24N4O/c1-5-15-13-9-7-8-12(16-13)10-18(6-2)11-14(19)17(3)4/h7-9H,5-6,10-11H2,1-4H3,(H,15,16). The molecule has 0 aliphatic rings. The van der Waals surface area contributed by atoms with Crippen LogP contribution in [0.3, 0.4) is 0 Å². The van der Waals surface area contributed by atoms with E-state index in [2.05, 4.69) is 22.1 Å². The molecule has 0 unspecified atom stereocenters. The first-order chi connectivity index (χ1) is 9.06. The van der Waals surface area contributed by atoms with Gasteiger partial charge < -0.3 is 10.2 Å². The van der Waals surface area contributed by atoms with Gasteiger partial charge in [0.2, 0.25) is 5.91 Å². The maximum absolute atomic E-state index is 11.7. The zero-order chi connectivity index (χ0) is 14.3. The summed E-state index contributed by atoms with van der Waals surface area (Å²) in [5.74, 6) is 1.000. The van der Waals surface area contributed by atoms with E-state index >= 15 is 0 Å². The molecular weight excluding hydrogens is 240 g/mol. The highest BCUT2D eigenvalue weighted by atomic mass is 16.2. The Balaban J connectivity index is 2.64. The van der Waals surface area contributed by atoms with Crippen molar-refractivity contribution >= 4 is 11.7 Å². The van der Waals surface area contributed by atoms with Crippen molar-refractivity contribution < 1.29 is 4.79 Å². The molecule has 1 N–H and O–H groups in total. The Hall–Kier alpha value is -1.62. The quantitative estimate of drug-likeness (QED) is 0.809. The van der Waals surface area contributed by atoms with Crippen LogP contribution >= 0.6 is 0 Å². The molecule has 0 radical (unpaired) electrons. The zero-order valence-electron chi connectivity index (χ0n) is 12.3. The second-order valence-electron chi connectivity index (χ2n) is 4.64. The summed E-state index contributed by atoms with van der Waals surface area (Å²) in [6.45, 7) is 6.89. The zero-order valence-corrected chi connectivity index (χ0v) is 12.3. The maximum Gasteiger partial charge on any atom is 0.236 e. The van der Waals surface area contributed by atoms with Crippen molar-refractivity contribution in [3.05, 3.63) is 23.9 Å². The van der Waals surface area contributed by atoms with Crippen molar-refractivity contribution in [1.82, 2.24) is 14.8 Å². The molecule has 0 saturated heterocycles. The average molecular weight is 264 g/mol. The molecule has 19 heavy (non-hydrogen) atoms. The van der Waals surface area contributed by atoms with Crippen molar-refractivity contribution in [2.24, 2.45) is 0 Å². The van der Waals surface area contributed by atoms with Crippen LogP contribution in [0.2, 0.25) is 0 Å². The predicted octanol–water partition coefficient (Wildman–Crippen LogP) is 1.42. The molecule has 0 aliphatic carbocycles. The van der Waals surface area contributed by atoms with Crippen molar-refractivity contribution in [1.29, 1.82) is 0 Å². The minimum Gasteiger partial charge on any atom is -0.370 e. The van der Waals surface area contributed by atoms with Gasteiger partial charge in [0, 0.05) is 27.2 Å². The van der Waals surface area contributed by atoms with Crippen molar-refractivity contribution in [3.8, 4) is 0 Å². The van der Waals surface area contributed by atoms with Crippen LogP contribution in [0, 0.1) is 0 Å². The number of carbonyl (C=O) groups is 1. The third-order valence-corrected chi connectivity index (χ3v) is 2.86. The summed E-state index contributed by atoms with van der Waals surface area (Å²) in [5, 5.41) is 3.19. The molecule has 0 fully saturated rings. The molecule has 0 bridgehead atoms. The Labute approximate surface area is 115 Å². The topological polar surface area (TPSA) is 48.5 Å². The van der Waals surface area contributed by atoms with Crippen LogP contribution in [0.5, 0.6) is 0 Å². The fraction of sp³-hybridized carbons (Fsp3) is 0.571. The number of rotatable bonds is 7. The molecule has 1 rings (SSSR count). The van der Waals surface area contributed by atoms with E-state index in [0.717, 1.165) is 24.6 Å². The number of nitrogens with zero attached hydrogens (tertiary/aromatic N) is 3. The maximum atomic E-state index is 11.7. The Bertz CT molecular complexity index is 406. The summed E-state index contributed by atoms with van der Waals surface area (Å²) < 4.78 is 0. The van der Waals surface area contributed by atoms with Crippen LogP contribution in [-0.2, 0) is 11.3 Å². The molecule has 5 heteroatoms. The summed E-state index contributed by atoms with van der Waals surface area (Å²) in [4.78, 5) is 19.9. The fourth-order valence-corrected chi connectivity index (χ4v) is 1.69. The molecule has 0 aromatic carbocycles. The average Bonchev–Trinajstić information content (AvgIpc) is 2.38. The second-order valence-corrected chi connectivity index (χ2v) is 4.64. The number of aromatic nitrogens is 1. The number of hydrogen-bond acceptors (Lipinski definition) is 4. The Morgan fingerprint density at radius 1 is 1.32 bits per heavy atom. The Morgan fingerprint density at radius 3 is 2.63 bits per heavy atom. The van der Waals surface area contributed by atoms with E-state index in [1.165, 1.54) is 0 Å². The molecular formula is C14H24N4O. The normalized spacial score (nSPS) is 10.6. The third kappa shape index (κ3) is 5.26. The highest BCUT2D eigenvalue weighted by Gasteiger charge is 2.11. The van der Waals surface area contributed by atoms with Crippen molar-refractivity contribution in [2.75, 3.05) is 39.0 Å². The molecule has 5 nitrogen and oxygen atoms in total. The van der Waals surface area contributed by atoms with Crippen molar-refractivity contribution in [2.45, 2.75) is 20.4 Å². The molecule has 0 spiro atoms. The number of pyridine rings is 1. The number of nitrogens with one attached hydrogen (secondary N) is 1. The third-order valence-electron chi connectivity index (χ3n) is 2.86. The molecule has 0 aliphatic heterocycles. The fourth-order valence-electron chi connectivity index (χ4n) is 1.69. The van der Waals surface area contributed by atoms with Crippen LogP contribution in [0.1, 0.15) is 19.5 Å². The van der Waals surface area contributed by atoms with E-state index in [1.54, 1.807) is 19.0 Å². The lowest BCUT2D eigenvalue weighted by Crippen LogP contribution is -2.36. The minimum absolute atomic E-state index is 0.115. The van der Waals surface area contributed by atoms with Crippen LogP contribution in [0.25, 0.3) is 0 Å². The number of hydrogen-bond donors (Lipinski definition) is 1. The lowest BCUT2D eigenvalue weighted by molar-refractivity contribution is -0.130. The molecule has 0 atom stereocenters. The van der Waals surface area contributed by atoms with E-state index < -0.39 is 0 Å². The van der Waals surface area contributed by atoms with Crippen molar-refractivity contribution in [3.63, 3.8) is 0 Å². The first-order valence-corrected chi connectivity index (χ1v) is 6.69. The smallest absolute Gasteiger partial charge is 0.236 e. The molecule has 1 aromatic heterocycles. The van der Waals surface area contributed by atoms with Gasteiger partial charge >= 0.3 is 0 Å². The minimum atomic E-state index is 0.115. The van der Waals surface area contributed by atoms with E-state index in [0.29, 0.717) is 13.1 Å². The SMILES string of the molecule is CCNc1cccc(CN(CC)CC(=O)N(C)C)n1. The first kappa shape index (κ1) is 15.4. The number of anilines is 1. The van der Waals surface area contributed by atoms with Gasteiger partial charge in [-0.25, -0.2) is 4.98 Å². The van der Waals surface area contributed by atoms with Gasteiger partial charge in [0.15, 0.2) is 0 Å². The molecule has 1 aromatic rings. The summed E-state index contributed by atoms with van der Waals surface area (Å²) >= 11 is 0. The van der Waals surface area contributed by atoms with Crippen LogP contribution in [0.4, 0.5) is 5.82 Å². The van der Waals surface area contributed by atoms with E-state index in [9.17, 15) is 4.79 Å². The highest BCUT2D eigenvalue weighted by molar-refractivity contribution is 5.77. The Morgan fingerprint density at radius 2 is 2.05 bits per heavy atom. The Kier molecular flexibility index (Phi) is 6.29. The van der Waals surface area contributed by atoms with E-state index in [4.69, 9.17) is 0 Å². The molecule has 106 valence electrons. The van der Waals surface area contributed by atoms with Crippen LogP contribution in [-0.4, -0.2) is 54.4 Å². The van der Waals surface area contributed by atoms with E-state index in [1.807, 2.05) is 25.1 Å². The van der Waals surface area contributed by atoms with Gasteiger partial charge in [0.25, 0.3) is 0 Å². The highest BCUT2D eigenvalue weighted by Crippen LogP contribution is 2.07. The van der Waals surface area contributed by atoms with Gasteiger partial charge in [-0.1, -0.05) is 13.0 Å². The summed E-state index contributed by atoms with van der Waals surface area (Å²) in [7, 11) is 3.56. The summed E-state index contributed by atoms with van der Waals surface area (Å²) in [6, 6.07) is 5.93. The number of likely N-dealkylation sites (N-methyl/N-ethyl adjacent to an activating group) is 2. The van der Waals surface area contributed by atoms with Gasteiger partial charge in [-0.15, -0.1) is 0 Å². The summed E-state index contributed by atoms with van der Waals surface area (Å²) in [6.07, 6.45) is 0. The lowest BCUT2D eigenvalue weighted by Gasteiger charge is -2.21. The van der Waals surface area contributed by atoms with Gasteiger partial charge in [0.1, 0.15) is 5.82 Å². The largest absolute Gasteiger partial charge is 0.370 e. The van der Waals surface area contributed by atoms with Crippen LogP contribution < -0.4 is 5.32 Å². The molecule has 1 amide bonds. The first-order valence-electron chi connectivity index (χ1n) is 6.69. The predicted molar refractivity (Wildman–Crippen MR) is 78.0 cm³/mol. The van der Waals surface area contributed by atoms with Gasteiger partial charge in [-0.05, 0) is 25.6 Å². The lowest BCUT2D eigenvalue weighted by atomic mass is 10.3. The molecule has 1 heterocycles. The van der Waals surface area contributed by atoms with Gasteiger partial charge in [0.05, 0.1) is 12.2 Å². The monoisotopic (exact) mass is 264 g/mol. The van der Waals surface area contributed by atoms with Gasteiger partial charge in [-0.2, -0.15) is 0 Å². The molecule has 0 saturated carbocycles. The summed E-state index contributed by atoms with van der Waals surface area (Å²) in [5.41, 5.74) is 0.979.